The van der Waals surface area contributed by atoms with E-state index in [1.807, 2.05) is 6.08 Å². The van der Waals surface area contributed by atoms with Crippen molar-refractivity contribution in [3.8, 4) is 0 Å². The predicted molar refractivity (Wildman–Crippen MR) is 130 cm³/mol. The van der Waals surface area contributed by atoms with Crippen LogP contribution in [0, 0.1) is 0 Å². The predicted octanol–water partition coefficient (Wildman–Crippen LogP) is 2.90. The van der Waals surface area contributed by atoms with Crippen LogP contribution in [0.3, 0.4) is 0 Å². The van der Waals surface area contributed by atoms with Gasteiger partial charge in [-0.05, 0) is 49.4 Å². The maximum Gasteiger partial charge on any atom is 0.286 e. The number of amides is 1. The van der Waals surface area contributed by atoms with E-state index in [0.717, 1.165) is 56.5 Å². The molecule has 0 bridgehead atoms. The highest BCUT2D eigenvalue weighted by molar-refractivity contribution is 8.18. The molecule has 31 heavy (non-hydrogen) atoms. The summed E-state index contributed by atoms with van der Waals surface area (Å²) in [6, 6.07) is 19.1. The fourth-order valence-electron chi connectivity index (χ4n) is 4.13. The van der Waals surface area contributed by atoms with E-state index < -0.39 is 0 Å². The van der Waals surface area contributed by atoms with Gasteiger partial charge in [0.15, 0.2) is 5.17 Å². The zero-order valence-corrected chi connectivity index (χ0v) is 19.2. The summed E-state index contributed by atoms with van der Waals surface area (Å²) in [6.45, 7) is 11.4. The molecule has 0 aliphatic carbocycles. The summed E-state index contributed by atoms with van der Waals surface area (Å²) in [4.78, 5) is 23.7. The number of anilines is 1. The van der Waals surface area contributed by atoms with E-state index in [1.165, 1.54) is 23.0 Å². The van der Waals surface area contributed by atoms with Gasteiger partial charge in [-0.2, -0.15) is 4.99 Å². The van der Waals surface area contributed by atoms with Crippen molar-refractivity contribution in [1.82, 2.24) is 4.90 Å². The largest absolute Gasteiger partial charge is 0.372 e. The molecule has 2 aliphatic heterocycles. The van der Waals surface area contributed by atoms with Crippen molar-refractivity contribution in [1.29, 1.82) is 0 Å². The van der Waals surface area contributed by atoms with E-state index in [9.17, 15) is 4.79 Å². The molecule has 2 aromatic rings. The number of nitrogens with one attached hydrogen (secondary N) is 1. The number of nitrogens with zero attached hydrogens (tertiary/aromatic N) is 3. The zero-order valence-electron chi connectivity index (χ0n) is 18.4. The molecule has 2 heterocycles. The van der Waals surface area contributed by atoms with E-state index in [4.69, 9.17) is 0 Å². The Morgan fingerprint density at radius 1 is 1.03 bits per heavy atom. The summed E-state index contributed by atoms with van der Waals surface area (Å²) in [5.41, 5.74) is 3.64. The number of hydrogen-bond donors (Lipinski definition) is 1. The second-order valence-corrected chi connectivity index (χ2v) is 8.98. The molecule has 6 heteroatoms. The summed E-state index contributed by atoms with van der Waals surface area (Å²) in [5.74, 6) is -0.119. The minimum Gasteiger partial charge on any atom is -0.372 e. The van der Waals surface area contributed by atoms with Gasteiger partial charge >= 0.3 is 0 Å². The summed E-state index contributed by atoms with van der Waals surface area (Å²) in [5, 5.41) is 0.856. The van der Waals surface area contributed by atoms with Gasteiger partial charge in [-0.25, -0.2) is 0 Å². The molecule has 1 fully saturated rings. The highest BCUT2D eigenvalue weighted by atomic mass is 32.2. The monoisotopic (exact) mass is 435 g/mol. The Morgan fingerprint density at radius 3 is 2.35 bits per heavy atom. The number of hydrogen-bond acceptors (Lipinski definition) is 4. The Hall–Kier alpha value is -2.57. The van der Waals surface area contributed by atoms with Crippen molar-refractivity contribution in [2.45, 2.75) is 20.4 Å². The number of rotatable bonds is 6. The fourth-order valence-corrected chi connectivity index (χ4v) is 5.10. The minimum atomic E-state index is -0.119. The third-order valence-electron chi connectivity index (χ3n) is 5.97. The van der Waals surface area contributed by atoms with Gasteiger partial charge in [0.1, 0.15) is 6.54 Å². The van der Waals surface area contributed by atoms with E-state index in [-0.39, 0.29) is 5.91 Å². The van der Waals surface area contributed by atoms with Gasteiger partial charge in [-0.3, -0.25) is 4.79 Å². The van der Waals surface area contributed by atoms with Crippen molar-refractivity contribution in [3.63, 3.8) is 0 Å². The minimum absolute atomic E-state index is 0.119. The number of aliphatic imine (C=N–C) groups is 1. The Labute approximate surface area is 189 Å². The number of amidine groups is 1. The van der Waals surface area contributed by atoms with Crippen LogP contribution in [-0.4, -0.2) is 55.2 Å². The molecule has 0 unspecified atom stereocenters. The molecule has 1 N–H and O–H groups in total. The SMILES string of the molecule is CCN(CC)c1ccc(/C=C2/SC(N3CC[NH+](Cc4ccccc4)CC3)=NC2=O)cc1. The van der Waals surface area contributed by atoms with Crippen LogP contribution in [0.2, 0.25) is 0 Å². The number of thioether (sulfide) groups is 1. The summed E-state index contributed by atoms with van der Waals surface area (Å²) >= 11 is 1.51. The molecule has 0 atom stereocenters. The molecule has 0 aromatic heterocycles. The van der Waals surface area contributed by atoms with Crippen molar-refractivity contribution < 1.29 is 9.69 Å². The quantitative estimate of drug-likeness (QED) is 0.709. The molecule has 2 aromatic carbocycles. The van der Waals surface area contributed by atoms with Gasteiger partial charge in [0.2, 0.25) is 0 Å². The number of quaternary nitrogens is 1. The summed E-state index contributed by atoms with van der Waals surface area (Å²) < 4.78 is 0. The Morgan fingerprint density at radius 2 is 1.71 bits per heavy atom. The van der Waals surface area contributed by atoms with Gasteiger partial charge in [0.05, 0.1) is 31.1 Å². The standard InChI is InChI=1S/C25H30N4OS/c1-3-28(4-2)22-12-10-20(11-13-22)18-23-24(30)26-25(31-23)29-16-14-27(15-17-29)19-21-8-6-5-7-9-21/h5-13,18H,3-4,14-17,19H2,1-2H3/p+1/b23-18+. The molecular formula is C25H31N4OS+. The average Bonchev–Trinajstić information content (AvgIpc) is 3.17. The summed E-state index contributed by atoms with van der Waals surface area (Å²) in [7, 11) is 0. The topological polar surface area (TPSA) is 40.4 Å². The second-order valence-electron chi connectivity index (χ2n) is 7.97. The van der Waals surface area contributed by atoms with Crippen LogP contribution in [0.5, 0.6) is 0 Å². The van der Waals surface area contributed by atoms with Crippen LogP contribution in [0.1, 0.15) is 25.0 Å². The van der Waals surface area contributed by atoms with E-state index >= 15 is 0 Å². The third kappa shape index (κ3) is 5.38. The van der Waals surface area contributed by atoms with Gasteiger partial charge in [-0.15, -0.1) is 0 Å². The molecule has 2 aliphatic rings. The van der Waals surface area contributed by atoms with Crippen LogP contribution >= 0.6 is 11.8 Å². The summed E-state index contributed by atoms with van der Waals surface area (Å²) in [6.07, 6.45) is 1.96. The zero-order chi connectivity index (χ0) is 21.6. The van der Waals surface area contributed by atoms with Gasteiger partial charge in [0.25, 0.3) is 5.91 Å². The lowest BCUT2D eigenvalue weighted by molar-refractivity contribution is -0.917. The first-order valence-corrected chi connectivity index (χ1v) is 12.0. The number of benzene rings is 2. The molecule has 0 radical (unpaired) electrons. The van der Waals surface area contributed by atoms with Crippen LogP contribution in [-0.2, 0) is 11.3 Å². The van der Waals surface area contributed by atoms with Gasteiger partial charge < -0.3 is 14.7 Å². The lowest BCUT2D eigenvalue weighted by atomic mass is 10.2. The molecule has 5 nitrogen and oxygen atoms in total. The molecule has 0 saturated carbocycles. The third-order valence-corrected chi connectivity index (χ3v) is 7.01. The molecule has 1 amide bonds. The molecule has 1 saturated heterocycles. The lowest BCUT2D eigenvalue weighted by Gasteiger charge is -2.32. The average molecular weight is 436 g/mol. The van der Waals surface area contributed by atoms with Gasteiger partial charge in [0, 0.05) is 24.3 Å². The van der Waals surface area contributed by atoms with Crippen molar-refractivity contribution >= 4 is 34.6 Å². The van der Waals surface area contributed by atoms with Crippen molar-refractivity contribution in [2.75, 3.05) is 44.2 Å². The van der Waals surface area contributed by atoms with Crippen LogP contribution < -0.4 is 9.80 Å². The first-order valence-electron chi connectivity index (χ1n) is 11.2. The molecule has 4 rings (SSSR count). The van der Waals surface area contributed by atoms with E-state index in [2.05, 4.69) is 83.2 Å². The smallest absolute Gasteiger partial charge is 0.286 e. The fraction of sp³-hybridized carbons (Fsp3) is 0.360. The first-order chi connectivity index (χ1) is 15.2. The van der Waals surface area contributed by atoms with Gasteiger partial charge in [-0.1, -0.05) is 42.5 Å². The number of carbonyl (C=O) groups excluding carboxylic acids is 1. The highest BCUT2D eigenvalue weighted by Crippen LogP contribution is 2.30. The number of piperazine rings is 1. The lowest BCUT2D eigenvalue weighted by Crippen LogP contribution is -3.13. The van der Waals surface area contributed by atoms with Crippen LogP contribution in [0.15, 0.2) is 64.5 Å². The highest BCUT2D eigenvalue weighted by Gasteiger charge is 2.29. The number of carbonyl (C=O) groups is 1. The first kappa shape index (κ1) is 21.7. The Bertz CT molecular complexity index is 943. The normalized spacial score (nSPS) is 18.5. The Balaban J connectivity index is 1.33. The molecule has 162 valence electrons. The van der Waals surface area contributed by atoms with Crippen molar-refractivity contribution in [2.24, 2.45) is 4.99 Å². The van der Waals surface area contributed by atoms with E-state index in [0.29, 0.717) is 4.91 Å². The van der Waals surface area contributed by atoms with Crippen LogP contribution in [0.4, 0.5) is 5.69 Å². The van der Waals surface area contributed by atoms with E-state index in [1.54, 1.807) is 4.90 Å². The Kier molecular flexibility index (Phi) is 7.10. The molecule has 0 spiro atoms. The van der Waals surface area contributed by atoms with Crippen molar-refractivity contribution in [3.05, 3.63) is 70.6 Å². The maximum atomic E-state index is 12.5. The van der Waals surface area contributed by atoms with Crippen LogP contribution in [0.25, 0.3) is 6.08 Å². The molecular weight excluding hydrogens is 404 g/mol. The second kappa shape index (κ2) is 10.2. The maximum absolute atomic E-state index is 12.5.